The highest BCUT2D eigenvalue weighted by atomic mass is 32.1. The molecular weight excluding hydrogens is 288 g/mol. The number of hydrogen-bond donors (Lipinski definition) is 1. The van der Waals surface area contributed by atoms with Crippen molar-refractivity contribution in [2.75, 3.05) is 0 Å². The number of nitrogens with one attached hydrogen (secondary N) is 1. The molecule has 0 radical (unpaired) electrons. The molecule has 6 nitrogen and oxygen atoms in total. The molecule has 0 aliphatic heterocycles. The minimum atomic E-state index is -0.176. The van der Waals surface area contributed by atoms with Crippen LogP contribution in [0.4, 0.5) is 0 Å². The Labute approximate surface area is 125 Å². The lowest BCUT2D eigenvalue weighted by molar-refractivity contribution is 0.0952. The Hall–Kier alpha value is -2.28. The molecule has 0 saturated heterocycles. The molecule has 1 amide bonds. The molecule has 0 aliphatic rings. The van der Waals surface area contributed by atoms with E-state index in [1.165, 1.54) is 11.3 Å². The van der Waals surface area contributed by atoms with Gasteiger partial charge in [0, 0.05) is 16.8 Å². The normalized spacial score (nSPS) is 11.0. The highest BCUT2D eigenvalue weighted by Crippen LogP contribution is 2.22. The molecular formula is C14H14N4O2S. The van der Waals surface area contributed by atoms with E-state index in [-0.39, 0.29) is 5.91 Å². The van der Waals surface area contributed by atoms with Crippen molar-refractivity contribution in [2.24, 2.45) is 0 Å². The van der Waals surface area contributed by atoms with Gasteiger partial charge in [0.05, 0.1) is 23.2 Å². The average molecular weight is 302 g/mol. The Morgan fingerprint density at radius 1 is 1.29 bits per heavy atom. The molecule has 3 rings (SSSR count). The molecule has 1 N–H and O–H groups in total. The Morgan fingerprint density at radius 3 is 2.81 bits per heavy atom. The summed E-state index contributed by atoms with van der Waals surface area (Å²) < 4.78 is 5.14. The minimum Gasteiger partial charge on any atom is -0.345 e. The van der Waals surface area contributed by atoms with Gasteiger partial charge in [0.25, 0.3) is 11.6 Å². The van der Waals surface area contributed by atoms with Gasteiger partial charge in [-0.25, -0.2) is 9.97 Å². The zero-order valence-corrected chi connectivity index (χ0v) is 12.7. The molecule has 0 atom stereocenters. The van der Waals surface area contributed by atoms with E-state index in [9.17, 15) is 4.79 Å². The first-order valence-corrected chi connectivity index (χ1v) is 7.35. The van der Waals surface area contributed by atoms with Crippen LogP contribution in [0.15, 0.2) is 16.0 Å². The third-order valence-corrected chi connectivity index (χ3v) is 4.02. The van der Waals surface area contributed by atoms with Crippen LogP contribution >= 0.6 is 11.3 Å². The van der Waals surface area contributed by atoms with Crippen molar-refractivity contribution >= 4 is 28.3 Å². The Morgan fingerprint density at radius 2 is 2.10 bits per heavy atom. The largest absolute Gasteiger partial charge is 0.345 e. The second-order valence-corrected chi connectivity index (χ2v) is 5.77. The highest BCUT2D eigenvalue weighted by Gasteiger charge is 2.17. The van der Waals surface area contributed by atoms with Crippen LogP contribution in [0.5, 0.6) is 0 Å². The van der Waals surface area contributed by atoms with E-state index in [2.05, 4.69) is 20.4 Å². The number of aryl methyl sites for hydroxylation is 3. The predicted octanol–water partition coefficient (Wildman–Crippen LogP) is 2.53. The Kier molecular flexibility index (Phi) is 3.42. The number of amides is 1. The topological polar surface area (TPSA) is 80.9 Å². The van der Waals surface area contributed by atoms with Crippen molar-refractivity contribution in [1.29, 1.82) is 0 Å². The summed E-state index contributed by atoms with van der Waals surface area (Å²) in [5.41, 5.74) is 3.26. The summed E-state index contributed by atoms with van der Waals surface area (Å²) in [6, 6.07) is 1.75. The molecule has 21 heavy (non-hydrogen) atoms. The van der Waals surface area contributed by atoms with Crippen molar-refractivity contribution in [2.45, 2.75) is 27.3 Å². The molecule has 0 unspecified atom stereocenters. The fourth-order valence-corrected chi connectivity index (χ4v) is 2.84. The van der Waals surface area contributed by atoms with Crippen molar-refractivity contribution in [3.05, 3.63) is 39.1 Å². The monoisotopic (exact) mass is 302 g/mol. The molecule has 108 valence electrons. The van der Waals surface area contributed by atoms with Crippen molar-refractivity contribution < 1.29 is 9.32 Å². The molecule has 0 aromatic carbocycles. The third-order valence-electron chi connectivity index (χ3n) is 3.06. The van der Waals surface area contributed by atoms with Gasteiger partial charge in [0.1, 0.15) is 5.01 Å². The first-order chi connectivity index (χ1) is 10.0. The van der Waals surface area contributed by atoms with E-state index in [4.69, 9.17) is 4.52 Å². The summed E-state index contributed by atoms with van der Waals surface area (Å²) in [5.74, 6) is -0.176. The van der Waals surface area contributed by atoms with Crippen LogP contribution in [-0.2, 0) is 6.54 Å². The van der Waals surface area contributed by atoms with Gasteiger partial charge < -0.3 is 9.84 Å². The van der Waals surface area contributed by atoms with Gasteiger partial charge in [-0.3, -0.25) is 4.79 Å². The van der Waals surface area contributed by atoms with Crippen LogP contribution in [0.25, 0.3) is 11.1 Å². The van der Waals surface area contributed by atoms with Crippen LogP contribution in [0.3, 0.4) is 0 Å². The number of aromatic nitrogens is 3. The van der Waals surface area contributed by atoms with Gasteiger partial charge in [-0.1, -0.05) is 5.16 Å². The first kappa shape index (κ1) is 13.7. The van der Waals surface area contributed by atoms with E-state index in [1.807, 2.05) is 19.2 Å². The lowest BCUT2D eigenvalue weighted by Crippen LogP contribution is -2.23. The van der Waals surface area contributed by atoms with Gasteiger partial charge in [0.2, 0.25) is 0 Å². The van der Waals surface area contributed by atoms with E-state index < -0.39 is 0 Å². The van der Waals surface area contributed by atoms with E-state index >= 15 is 0 Å². The molecule has 0 bridgehead atoms. The molecule has 0 fully saturated rings. The van der Waals surface area contributed by atoms with E-state index in [1.54, 1.807) is 13.0 Å². The number of rotatable bonds is 3. The quantitative estimate of drug-likeness (QED) is 0.804. The molecule has 0 saturated carbocycles. The number of nitrogens with zero attached hydrogens (tertiary/aromatic N) is 3. The summed E-state index contributed by atoms with van der Waals surface area (Å²) in [6.07, 6.45) is 0. The molecule has 0 spiro atoms. The number of hydrogen-bond acceptors (Lipinski definition) is 6. The van der Waals surface area contributed by atoms with Gasteiger partial charge in [-0.2, -0.15) is 0 Å². The first-order valence-electron chi connectivity index (χ1n) is 6.47. The maximum absolute atomic E-state index is 12.4. The minimum absolute atomic E-state index is 0.176. The smallest absolute Gasteiger partial charge is 0.258 e. The zero-order chi connectivity index (χ0) is 15.0. The zero-order valence-electron chi connectivity index (χ0n) is 11.9. The standard InChI is InChI=1S/C14H14N4O2S/c1-7-4-10(12-9(3)18-20-14(12)17-7)13(19)15-5-11-16-8(2)6-21-11/h4,6H,5H2,1-3H3,(H,15,19). The number of pyridine rings is 1. The van der Waals surface area contributed by atoms with Crippen LogP contribution in [0.1, 0.15) is 32.4 Å². The fraction of sp³-hybridized carbons (Fsp3) is 0.286. The molecule has 7 heteroatoms. The number of thiazole rings is 1. The highest BCUT2D eigenvalue weighted by molar-refractivity contribution is 7.09. The molecule has 3 aromatic rings. The fourth-order valence-electron chi connectivity index (χ4n) is 2.13. The molecule has 3 aromatic heterocycles. The van der Waals surface area contributed by atoms with Crippen molar-refractivity contribution in [3.8, 4) is 0 Å². The predicted molar refractivity (Wildman–Crippen MR) is 79.3 cm³/mol. The van der Waals surface area contributed by atoms with Crippen LogP contribution in [0.2, 0.25) is 0 Å². The van der Waals surface area contributed by atoms with Gasteiger partial charge in [0.15, 0.2) is 0 Å². The van der Waals surface area contributed by atoms with Crippen molar-refractivity contribution in [3.63, 3.8) is 0 Å². The van der Waals surface area contributed by atoms with Gasteiger partial charge in [-0.15, -0.1) is 11.3 Å². The molecule has 0 aliphatic carbocycles. The lowest BCUT2D eigenvalue weighted by Gasteiger charge is -2.05. The average Bonchev–Trinajstić information content (AvgIpc) is 3.02. The van der Waals surface area contributed by atoms with Gasteiger partial charge >= 0.3 is 0 Å². The van der Waals surface area contributed by atoms with Gasteiger partial charge in [-0.05, 0) is 26.8 Å². The van der Waals surface area contributed by atoms with Crippen LogP contribution < -0.4 is 5.32 Å². The Bertz CT molecular complexity index is 822. The molecule has 3 heterocycles. The summed E-state index contributed by atoms with van der Waals surface area (Å²) in [5, 5.41) is 10.2. The summed E-state index contributed by atoms with van der Waals surface area (Å²) in [4.78, 5) is 21.0. The number of carbonyl (C=O) groups excluding carboxylic acids is 1. The summed E-state index contributed by atoms with van der Waals surface area (Å²) in [6.45, 7) is 5.95. The van der Waals surface area contributed by atoms with Crippen LogP contribution in [0, 0.1) is 20.8 Å². The second kappa shape index (κ2) is 5.25. The summed E-state index contributed by atoms with van der Waals surface area (Å²) >= 11 is 1.53. The summed E-state index contributed by atoms with van der Waals surface area (Å²) in [7, 11) is 0. The van der Waals surface area contributed by atoms with E-state index in [0.29, 0.717) is 34.6 Å². The second-order valence-electron chi connectivity index (χ2n) is 4.82. The maximum atomic E-state index is 12.4. The van der Waals surface area contributed by atoms with E-state index in [0.717, 1.165) is 10.7 Å². The number of fused-ring (bicyclic) bond motifs is 1. The third kappa shape index (κ3) is 2.64. The number of carbonyl (C=O) groups is 1. The maximum Gasteiger partial charge on any atom is 0.258 e. The van der Waals surface area contributed by atoms with Crippen LogP contribution in [-0.4, -0.2) is 21.0 Å². The lowest BCUT2D eigenvalue weighted by atomic mass is 10.1. The van der Waals surface area contributed by atoms with Crippen molar-refractivity contribution in [1.82, 2.24) is 20.4 Å². The Balaban J connectivity index is 1.88. The SMILES string of the molecule is Cc1csc(CNC(=O)c2cc(C)nc3onc(C)c23)n1.